The van der Waals surface area contributed by atoms with Crippen molar-refractivity contribution >= 4 is 17.3 Å². The molecule has 7 nitrogen and oxygen atoms in total. The van der Waals surface area contributed by atoms with E-state index in [-0.39, 0.29) is 11.6 Å². The molecule has 2 aromatic rings. The molecule has 1 aliphatic rings. The van der Waals surface area contributed by atoms with Crippen molar-refractivity contribution in [3.63, 3.8) is 0 Å². The molecule has 0 atom stereocenters. The zero-order valence-corrected chi connectivity index (χ0v) is 16.4. The molecule has 0 radical (unpaired) electrons. The van der Waals surface area contributed by atoms with Gasteiger partial charge in [-0.05, 0) is 43.1 Å². The molecule has 0 bridgehead atoms. The number of nitrogens with one attached hydrogen (secondary N) is 1. The van der Waals surface area contributed by atoms with Crippen LogP contribution in [0.5, 0.6) is 0 Å². The molecule has 1 saturated heterocycles. The van der Waals surface area contributed by atoms with Gasteiger partial charge in [-0.3, -0.25) is 19.8 Å². The summed E-state index contributed by atoms with van der Waals surface area (Å²) in [7, 11) is 3.61. The van der Waals surface area contributed by atoms with E-state index < -0.39 is 4.92 Å². The fourth-order valence-corrected chi connectivity index (χ4v) is 3.45. The number of nitro benzene ring substituents is 1. The Balaban J connectivity index is 1.64. The molecule has 7 heteroatoms. The molecule has 1 heterocycles. The van der Waals surface area contributed by atoms with Crippen molar-refractivity contribution in [1.82, 2.24) is 10.2 Å². The Labute approximate surface area is 165 Å². The van der Waals surface area contributed by atoms with Crippen LogP contribution in [0.2, 0.25) is 0 Å². The standard InChI is InChI=1S/C21H26N4O3/c1-23(2)20-10-9-18(25(27)28)13-19(20)21(26)22-14-16-5-7-17(8-6-16)15-24-11-3-4-12-24/h5-10,13H,3-4,11-12,14-15H2,1-2H3,(H,22,26). The van der Waals surface area contributed by atoms with Crippen molar-refractivity contribution in [2.24, 2.45) is 0 Å². The molecular weight excluding hydrogens is 356 g/mol. The first-order chi connectivity index (χ1) is 13.4. The summed E-state index contributed by atoms with van der Waals surface area (Å²) >= 11 is 0. The van der Waals surface area contributed by atoms with Crippen LogP contribution in [0.1, 0.15) is 34.3 Å². The molecule has 0 spiro atoms. The lowest BCUT2D eigenvalue weighted by Crippen LogP contribution is -2.25. The van der Waals surface area contributed by atoms with Gasteiger partial charge in [0.05, 0.1) is 10.5 Å². The topological polar surface area (TPSA) is 78.7 Å². The number of benzene rings is 2. The van der Waals surface area contributed by atoms with Gasteiger partial charge in [-0.1, -0.05) is 24.3 Å². The smallest absolute Gasteiger partial charge is 0.270 e. The van der Waals surface area contributed by atoms with E-state index in [1.54, 1.807) is 25.1 Å². The first kappa shape index (κ1) is 19.8. The van der Waals surface area contributed by atoms with Gasteiger partial charge < -0.3 is 10.2 Å². The normalized spacial score (nSPS) is 14.1. The van der Waals surface area contributed by atoms with Gasteiger partial charge in [-0.15, -0.1) is 0 Å². The summed E-state index contributed by atoms with van der Waals surface area (Å²) in [5.41, 5.74) is 3.11. The number of hydrogen-bond donors (Lipinski definition) is 1. The van der Waals surface area contributed by atoms with Crippen molar-refractivity contribution in [3.05, 3.63) is 69.3 Å². The fraction of sp³-hybridized carbons (Fsp3) is 0.381. The van der Waals surface area contributed by atoms with E-state index in [4.69, 9.17) is 0 Å². The monoisotopic (exact) mass is 382 g/mol. The highest BCUT2D eigenvalue weighted by molar-refractivity contribution is 6.00. The Morgan fingerprint density at radius 3 is 2.36 bits per heavy atom. The van der Waals surface area contributed by atoms with Crippen LogP contribution in [0.4, 0.5) is 11.4 Å². The number of non-ortho nitro benzene ring substituents is 1. The van der Waals surface area contributed by atoms with Gasteiger partial charge in [0.25, 0.3) is 11.6 Å². The van der Waals surface area contributed by atoms with Crippen molar-refractivity contribution in [3.8, 4) is 0 Å². The van der Waals surface area contributed by atoms with Crippen LogP contribution < -0.4 is 10.2 Å². The van der Waals surface area contributed by atoms with Gasteiger partial charge in [0.1, 0.15) is 0 Å². The van der Waals surface area contributed by atoms with Gasteiger partial charge in [0.15, 0.2) is 0 Å². The van der Waals surface area contributed by atoms with Crippen LogP contribution in [0.15, 0.2) is 42.5 Å². The first-order valence-corrected chi connectivity index (χ1v) is 9.48. The maximum absolute atomic E-state index is 12.6. The minimum Gasteiger partial charge on any atom is -0.377 e. The van der Waals surface area contributed by atoms with E-state index >= 15 is 0 Å². The van der Waals surface area contributed by atoms with E-state index in [0.29, 0.717) is 17.8 Å². The van der Waals surface area contributed by atoms with Crippen molar-refractivity contribution in [2.75, 3.05) is 32.1 Å². The summed E-state index contributed by atoms with van der Waals surface area (Å²) in [4.78, 5) is 27.4. The van der Waals surface area contributed by atoms with E-state index in [1.807, 2.05) is 12.1 Å². The molecule has 1 aliphatic heterocycles. The number of hydrogen-bond acceptors (Lipinski definition) is 5. The predicted octanol–water partition coefficient (Wildman–Crippen LogP) is 3.19. The van der Waals surface area contributed by atoms with Gasteiger partial charge in [0, 0.05) is 45.0 Å². The summed E-state index contributed by atoms with van der Waals surface area (Å²) in [5.74, 6) is -0.325. The molecule has 28 heavy (non-hydrogen) atoms. The van der Waals surface area contributed by atoms with Crippen molar-refractivity contribution in [2.45, 2.75) is 25.9 Å². The number of likely N-dealkylation sites (tertiary alicyclic amines) is 1. The van der Waals surface area contributed by atoms with Crippen molar-refractivity contribution in [1.29, 1.82) is 0 Å². The second-order valence-electron chi connectivity index (χ2n) is 7.34. The first-order valence-electron chi connectivity index (χ1n) is 9.48. The van der Waals surface area contributed by atoms with Crippen molar-refractivity contribution < 1.29 is 9.72 Å². The second-order valence-corrected chi connectivity index (χ2v) is 7.34. The van der Waals surface area contributed by atoms with Crippen LogP contribution in [-0.2, 0) is 13.1 Å². The molecular formula is C21H26N4O3. The van der Waals surface area contributed by atoms with Gasteiger partial charge in [-0.25, -0.2) is 0 Å². The number of carbonyl (C=O) groups is 1. The quantitative estimate of drug-likeness (QED) is 0.588. The van der Waals surface area contributed by atoms with E-state index in [9.17, 15) is 14.9 Å². The Morgan fingerprint density at radius 2 is 1.75 bits per heavy atom. The Bertz CT molecular complexity index is 843. The summed E-state index contributed by atoms with van der Waals surface area (Å²) in [6, 6.07) is 12.6. The van der Waals surface area contributed by atoms with E-state index in [0.717, 1.165) is 25.2 Å². The third-order valence-electron chi connectivity index (χ3n) is 5.00. The largest absolute Gasteiger partial charge is 0.377 e. The lowest BCUT2D eigenvalue weighted by molar-refractivity contribution is -0.384. The highest BCUT2D eigenvalue weighted by atomic mass is 16.6. The molecule has 1 fully saturated rings. The van der Waals surface area contributed by atoms with Crippen LogP contribution in [0, 0.1) is 10.1 Å². The minimum absolute atomic E-state index is 0.0954. The third kappa shape index (κ3) is 4.86. The maximum Gasteiger partial charge on any atom is 0.270 e. The second kappa shape index (κ2) is 8.84. The van der Waals surface area contributed by atoms with Gasteiger partial charge in [0.2, 0.25) is 0 Å². The number of rotatable bonds is 7. The molecule has 1 amide bonds. The number of nitrogens with zero attached hydrogens (tertiary/aromatic N) is 3. The van der Waals surface area contributed by atoms with Crippen LogP contribution >= 0.6 is 0 Å². The molecule has 0 aromatic heterocycles. The lowest BCUT2D eigenvalue weighted by Gasteiger charge is -2.17. The minimum atomic E-state index is -0.491. The van der Waals surface area contributed by atoms with Gasteiger partial charge in [-0.2, -0.15) is 0 Å². The molecule has 0 saturated carbocycles. The zero-order chi connectivity index (χ0) is 20.1. The third-order valence-corrected chi connectivity index (χ3v) is 5.00. The Hall–Kier alpha value is -2.93. The van der Waals surface area contributed by atoms with Crippen LogP contribution in [-0.4, -0.2) is 42.9 Å². The highest BCUT2D eigenvalue weighted by Gasteiger charge is 2.18. The summed E-state index contributed by atoms with van der Waals surface area (Å²) < 4.78 is 0. The molecule has 0 aliphatic carbocycles. The van der Waals surface area contributed by atoms with E-state index in [1.165, 1.54) is 30.5 Å². The summed E-state index contributed by atoms with van der Waals surface area (Å²) in [6.07, 6.45) is 2.55. The number of anilines is 1. The Kier molecular flexibility index (Phi) is 6.26. The molecule has 2 aromatic carbocycles. The average Bonchev–Trinajstić information content (AvgIpc) is 3.19. The average molecular weight is 382 g/mol. The predicted molar refractivity (Wildman–Crippen MR) is 110 cm³/mol. The number of nitro groups is 1. The fourth-order valence-electron chi connectivity index (χ4n) is 3.45. The van der Waals surface area contributed by atoms with Crippen LogP contribution in [0.25, 0.3) is 0 Å². The maximum atomic E-state index is 12.6. The SMILES string of the molecule is CN(C)c1ccc([N+](=O)[O-])cc1C(=O)NCc1ccc(CN2CCCC2)cc1. The summed E-state index contributed by atoms with van der Waals surface area (Å²) in [6.45, 7) is 3.66. The summed E-state index contributed by atoms with van der Waals surface area (Å²) in [5, 5.41) is 13.9. The molecule has 148 valence electrons. The highest BCUT2D eigenvalue weighted by Crippen LogP contribution is 2.24. The molecule has 3 rings (SSSR count). The van der Waals surface area contributed by atoms with Crippen LogP contribution in [0.3, 0.4) is 0 Å². The number of amides is 1. The van der Waals surface area contributed by atoms with E-state index in [2.05, 4.69) is 22.3 Å². The molecule has 0 unspecified atom stereocenters. The van der Waals surface area contributed by atoms with Gasteiger partial charge >= 0.3 is 0 Å². The zero-order valence-electron chi connectivity index (χ0n) is 16.4. The number of carbonyl (C=O) groups excluding carboxylic acids is 1. The Morgan fingerprint density at radius 1 is 1.11 bits per heavy atom. The molecule has 1 N–H and O–H groups in total. The lowest BCUT2D eigenvalue weighted by atomic mass is 10.1.